The predicted octanol–water partition coefficient (Wildman–Crippen LogP) is 2.53. The first kappa shape index (κ1) is 10.9. The molecule has 82 valence electrons. The van der Waals surface area contributed by atoms with Crippen LogP contribution >= 0.6 is 11.6 Å². The van der Waals surface area contributed by atoms with Gasteiger partial charge in [-0.15, -0.1) is 11.6 Å². The summed E-state index contributed by atoms with van der Waals surface area (Å²) in [6.45, 7) is 3.38. The summed E-state index contributed by atoms with van der Waals surface area (Å²) in [5, 5.41) is 0. The van der Waals surface area contributed by atoms with Crippen LogP contribution in [0.5, 0.6) is 0 Å². The van der Waals surface area contributed by atoms with E-state index < -0.39 is 0 Å². The first-order valence-corrected chi connectivity index (χ1v) is 6.09. The number of halogens is 1. The maximum atomic E-state index is 5.86. The standard InChI is InChI=1S/C12H17ClN2/c13-8-11-3-6-15(7-4-11)10-12-2-1-5-14-9-12/h1-2,5,9,11H,3-4,6-8,10H2. The van der Waals surface area contributed by atoms with Gasteiger partial charge in [-0.1, -0.05) is 6.07 Å². The van der Waals surface area contributed by atoms with Crippen molar-refractivity contribution < 1.29 is 0 Å². The van der Waals surface area contributed by atoms with Crippen LogP contribution in [0.25, 0.3) is 0 Å². The Morgan fingerprint density at radius 3 is 2.80 bits per heavy atom. The van der Waals surface area contributed by atoms with E-state index in [1.165, 1.54) is 31.5 Å². The molecular weight excluding hydrogens is 208 g/mol. The Bertz CT molecular complexity index is 281. The second kappa shape index (κ2) is 5.47. The van der Waals surface area contributed by atoms with Crippen molar-refractivity contribution in [3.8, 4) is 0 Å². The van der Waals surface area contributed by atoms with Gasteiger partial charge < -0.3 is 0 Å². The van der Waals surface area contributed by atoms with Crippen molar-refractivity contribution in [3.05, 3.63) is 30.1 Å². The Morgan fingerprint density at radius 1 is 1.40 bits per heavy atom. The lowest BCUT2D eigenvalue weighted by Gasteiger charge is -2.30. The summed E-state index contributed by atoms with van der Waals surface area (Å²) in [6, 6.07) is 4.14. The number of nitrogens with zero attached hydrogens (tertiary/aromatic N) is 2. The number of aromatic nitrogens is 1. The summed E-state index contributed by atoms with van der Waals surface area (Å²) in [6.07, 6.45) is 6.25. The molecule has 0 N–H and O–H groups in total. The fourth-order valence-corrected chi connectivity index (χ4v) is 2.36. The molecule has 0 bridgehead atoms. The minimum Gasteiger partial charge on any atom is -0.299 e. The van der Waals surface area contributed by atoms with Crippen LogP contribution in [0.3, 0.4) is 0 Å². The van der Waals surface area contributed by atoms with Crippen molar-refractivity contribution in [1.29, 1.82) is 0 Å². The molecule has 1 aromatic rings. The van der Waals surface area contributed by atoms with Crippen LogP contribution < -0.4 is 0 Å². The zero-order valence-electron chi connectivity index (χ0n) is 8.90. The van der Waals surface area contributed by atoms with Gasteiger partial charge >= 0.3 is 0 Å². The summed E-state index contributed by atoms with van der Waals surface area (Å²) < 4.78 is 0. The zero-order chi connectivity index (χ0) is 10.5. The lowest BCUT2D eigenvalue weighted by Crippen LogP contribution is -2.33. The maximum absolute atomic E-state index is 5.86. The Kier molecular flexibility index (Phi) is 3.98. The quantitative estimate of drug-likeness (QED) is 0.734. The highest BCUT2D eigenvalue weighted by molar-refractivity contribution is 6.18. The third-order valence-electron chi connectivity index (χ3n) is 3.05. The van der Waals surface area contributed by atoms with E-state index in [1.54, 1.807) is 0 Å². The summed E-state index contributed by atoms with van der Waals surface area (Å²) in [7, 11) is 0. The number of piperidine rings is 1. The van der Waals surface area contributed by atoms with Crippen LogP contribution in [-0.4, -0.2) is 28.9 Å². The van der Waals surface area contributed by atoms with Crippen LogP contribution in [0.1, 0.15) is 18.4 Å². The molecule has 0 spiro atoms. The fraction of sp³-hybridized carbons (Fsp3) is 0.583. The van der Waals surface area contributed by atoms with Gasteiger partial charge in [0, 0.05) is 24.8 Å². The Balaban J connectivity index is 1.82. The Hall–Kier alpha value is -0.600. The molecule has 1 fully saturated rings. The number of likely N-dealkylation sites (tertiary alicyclic amines) is 1. The van der Waals surface area contributed by atoms with Crippen LogP contribution in [0, 0.1) is 5.92 Å². The second-order valence-electron chi connectivity index (χ2n) is 4.24. The fourth-order valence-electron chi connectivity index (χ4n) is 2.05. The predicted molar refractivity (Wildman–Crippen MR) is 63.0 cm³/mol. The van der Waals surface area contributed by atoms with Crippen molar-refractivity contribution in [2.24, 2.45) is 5.92 Å². The number of pyridine rings is 1. The van der Waals surface area contributed by atoms with Gasteiger partial charge in [0.25, 0.3) is 0 Å². The molecule has 0 atom stereocenters. The monoisotopic (exact) mass is 224 g/mol. The minimum absolute atomic E-state index is 0.733. The van der Waals surface area contributed by atoms with Gasteiger partial charge in [-0.2, -0.15) is 0 Å². The second-order valence-corrected chi connectivity index (χ2v) is 4.54. The molecule has 0 aromatic carbocycles. The summed E-state index contributed by atoms with van der Waals surface area (Å²) in [4.78, 5) is 6.62. The minimum atomic E-state index is 0.733. The molecule has 0 aliphatic carbocycles. The van der Waals surface area contributed by atoms with Crippen LogP contribution in [-0.2, 0) is 6.54 Å². The average molecular weight is 225 g/mol. The van der Waals surface area contributed by atoms with E-state index >= 15 is 0 Å². The number of alkyl halides is 1. The van der Waals surface area contributed by atoms with E-state index in [1.807, 2.05) is 18.5 Å². The molecule has 0 amide bonds. The molecule has 0 unspecified atom stereocenters. The highest BCUT2D eigenvalue weighted by Gasteiger charge is 2.18. The van der Waals surface area contributed by atoms with E-state index in [0.717, 1.165) is 18.3 Å². The molecule has 3 heteroatoms. The molecule has 2 rings (SSSR count). The van der Waals surface area contributed by atoms with Gasteiger partial charge in [-0.3, -0.25) is 9.88 Å². The zero-order valence-corrected chi connectivity index (χ0v) is 9.66. The van der Waals surface area contributed by atoms with Crippen molar-refractivity contribution in [3.63, 3.8) is 0 Å². The van der Waals surface area contributed by atoms with Crippen LogP contribution in [0.15, 0.2) is 24.5 Å². The molecule has 0 saturated carbocycles. The van der Waals surface area contributed by atoms with Gasteiger partial charge in [0.15, 0.2) is 0 Å². The first-order chi connectivity index (χ1) is 7.38. The van der Waals surface area contributed by atoms with Gasteiger partial charge in [0.1, 0.15) is 0 Å². The molecule has 2 heterocycles. The topological polar surface area (TPSA) is 16.1 Å². The van der Waals surface area contributed by atoms with E-state index in [9.17, 15) is 0 Å². The van der Waals surface area contributed by atoms with E-state index in [2.05, 4.69) is 16.0 Å². The summed E-state index contributed by atoms with van der Waals surface area (Å²) in [5.74, 6) is 1.55. The Labute approximate surface area is 96.3 Å². The first-order valence-electron chi connectivity index (χ1n) is 5.55. The molecule has 2 nitrogen and oxygen atoms in total. The van der Waals surface area contributed by atoms with Gasteiger partial charge in [0.2, 0.25) is 0 Å². The maximum Gasteiger partial charge on any atom is 0.0312 e. The molecule has 1 aliphatic rings. The van der Waals surface area contributed by atoms with E-state index in [4.69, 9.17) is 11.6 Å². The normalized spacial score (nSPS) is 19.3. The van der Waals surface area contributed by atoms with Crippen molar-refractivity contribution in [1.82, 2.24) is 9.88 Å². The van der Waals surface area contributed by atoms with E-state index in [0.29, 0.717) is 0 Å². The highest BCUT2D eigenvalue weighted by atomic mass is 35.5. The van der Waals surface area contributed by atoms with E-state index in [-0.39, 0.29) is 0 Å². The lowest BCUT2D eigenvalue weighted by molar-refractivity contribution is 0.186. The number of hydrogen-bond acceptors (Lipinski definition) is 2. The van der Waals surface area contributed by atoms with Crippen molar-refractivity contribution in [2.45, 2.75) is 19.4 Å². The van der Waals surface area contributed by atoms with Gasteiger partial charge in [-0.05, 0) is 43.5 Å². The molecule has 0 radical (unpaired) electrons. The van der Waals surface area contributed by atoms with Crippen LogP contribution in [0.4, 0.5) is 0 Å². The summed E-state index contributed by atoms with van der Waals surface area (Å²) in [5.41, 5.74) is 1.31. The largest absolute Gasteiger partial charge is 0.299 e. The third-order valence-corrected chi connectivity index (χ3v) is 3.49. The van der Waals surface area contributed by atoms with Crippen molar-refractivity contribution in [2.75, 3.05) is 19.0 Å². The van der Waals surface area contributed by atoms with Crippen molar-refractivity contribution >= 4 is 11.6 Å². The molecule has 1 aromatic heterocycles. The van der Waals surface area contributed by atoms with Gasteiger partial charge in [-0.25, -0.2) is 0 Å². The summed E-state index contributed by atoms with van der Waals surface area (Å²) >= 11 is 5.86. The van der Waals surface area contributed by atoms with Gasteiger partial charge in [0.05, 0.1) is 0 Å². The molecular formula is C12H17ClN2. The number of hydrogen-bond donors (Lipinski definition) is 0. The molecule has 1 saturated heterocycles. The number of rotatable bonds is 3. The molecule has 1 aliphatic heterocycles. The third kappa shape index (κ3) is 3.18. The smallest absolute Gasteiger partial charge is 0.0312 e. The molecule has 15 heavy (non-hydrogen) atoms. The van der Waals surface area contributed by atoms with Crippen LogP contribution in [0.2, 0.25) is 0 Å². The highest BCUT2D eigenvalue weighted by Crippen LogP contribution is 2.19. The average Bonchev–Trinajstić information content (AvgIpc) is 2.31. The Morgan fingerprint density at radius 2 is 2.20 bits per heavy atom. The SMILES string of the molecule is ClCC1CCN(Cc2cccnc2)CC1. The lowest BCUT2D eigenvalue weighted by atomic mass is 9.99.